The second-order valence-electron chi connectivity index (χ2n) is 7.98. The number of H-pyrrole nitrogens is 1. The average Bonchev–Trinajstić information content (AvgIpc) is 2.88. The number of methoxy groups -OCH3 is 1. The van der Waals surface area contributed by atoms with Crippen LogP contribution < -0.4 is 26.7 Å². The summed E-state index contributed by atoms with van der Waals surface area (Å²) in [5, 5.41) is 6.68. The molecule has 0 aliphatic carbocycles. The van der Waals surface area contributed by atoms with Crippen molar-refractivity contribution in [1.82, 2.24) is 20.3 Å². The van der Waals surface area contributed by atoms with E-state index in [1.165, 1.54) is 37.6 Å². The first-order valence-corrected chi connectivity index (χ1v) is 11.9. The van der Waals surface area contributed by atoms with Crippen LogP contribution in [0.25, 0.3) is 11.0 Å². The van der Waals surface area contributed by atoms with E-state index >= 15 is 0 Å². The fourth-order valence-corrected chi connectivity index (χ4v) is 4.01. The molecule has 0 bridgehead atoms. The summed E-state index contributed by atoms with van der Waals surface area (Å²) in [5.41, 5.74) is 6.33. The Morgan fingerprint density at radius 1 is 1.14 bits per heavy atom. The summed E-state index contributed by atoms with van der Waals surface area (Å²) in [6, 6.07) is 12.6. The highest BCUT2D eigenvalue weighted by molar-refractivity contribution is 6.34. The van der Waals surface area contributed by atoms with E-state index in [9.17, 15) is 14.4 Å². The van der Waals surface area contributed by atoms with E-state index in [0.717, 1.165) is 5.56 Å². The molecule has 10 nitrogen and oxygen atoms in total. The van der Waals surface area contributed by atoms with E-state index in [-0.39, 0.29) is 39.5 Å². The highest BCUT2D eigenvalue weighted by atomic mass is 35.5. The summed E-state index contributed by atoms with van der Waals surface area (Å²) in [5.74, 6) is -1.13. The summed E-state index contributed by atoms with van der Waals surface area (Å²) in [6.45, 7) is 0.345. The third-order valence-corrected chi connectivity index (χ3v) is 6.05. The van der Waals surface area contributed by atoms with Crippen molar-refractivity contribution in [1.29, 1.82) is 0 Å². The number of carbonyl (C=O) groups excluding carboxylic acids is 2. The molecule has 0 saturated heterocycles. The average molecular weight is 541 g/mol. The Bertz CT molecular complexity index is 1540. The monoisotopic (exact) mass is 540 g/mol. The normalized spacial score (nSPS) is 11.7. The highest BCUT2D eigenvalue weighted by Gasteiger charge is 2.19. The van der Waals surface area contributed by atoms with Gasteiger partial charge in [0.15, 0.2) is 0 Å². The van der Waals surface area contributed by atoms with Crippen molar-refractivity contribution in [2.24, 2.45) is 5.73 Å². The Labute approximate surface area is 221 Å². The Kier molecular flexibility index (Phi) is 8.02. The maximum Gasteiger partial charge on any atom is 0.318 e. The molecule has 190 valence electrons. The standard InChI is InChI=1S/C25H22Cl2N6O4/c1-37-25-29-12-15-10-17(24(36)32-21(15)33-25)23(35)31-20-11-14(5-6-18(20)27)22(34)30-19(7-8-28)13-3-2-4-16(26)9-13/h2-6,9-12,19H,7-8,28H2,1H3,(H,30,34)(H,31,35)(H,29,32,33,36)/t19-/m0/s1. The molecule has 12 heteroatoms. The molecular weight excluding hydrogens is 519 g/mol. The van der Waals surface area contributed by atoms with Gasteiger partial charge in [0.2, 0.25) is 0 Å². The number of fused-ring (bicyclic) bond motifs is 1. The van der Waals surface area contributed by atoms with Crippen LogP contribution in [0.5, 0.6) is 6.01 Å². The third kappa shape index (κ3) is 6.05. The predicted octanol–water partition coefficient (Wildman–Crippen LogP) is 3.71. The van der Waals surface area contributed by atoms with Gasteiger partial charge >= 0.3 is 6.01 Å². The minimum atomic E-state index is -0.724. The second kappa shape index (κ2) is 11.4. The van der Waals surface area contributed by atoms with Crippen LogP contribution in [-0.4, -0.2) is 40.4 Å². The molecule has 2 aromatic heterocycles. The number of nitrogens with one attached hydrogen (secondary N) is 3. The van der Waals surface area contributed by atoms with E-state index < -0.39 is 17.4 Å². The molecule has 0 fully saturated rings. The zero-order chi connectivity index (χ0) is 26.5. The van der Waals surface area contributed by atoms with E-state index in [1.807, 2.05) is 6.07 Å². The highest BCUT2D eigenvalue weighted by Crippen LogP contribution is 2.25. The van der Waals surface area contributed by atoms with Crippen LogP contribution in [0.3, 0.4) is 0 Å². The number of halogens is 2. The van der Waals surface area contributed by atoms with Gasteiger partial charge in [-0.05, 0) is 54.9 Å². The van der Waals surface area contributed by atoms with Gasteiger partial charge in [-0.15, -0.1) is 0 Å². The molecule has 2 amide bonds. The number of hydrogen-bond donors (Lipinski definition) is 4. The molecular formula is C25H22Cl2N6O4. The van der Waals surface area contributed by atoms with Crippen molar-refractivity contribution in [3.05, 3.63) is 91.8 Å². The molecule has 4 aromatic rings. The number of anilines is 1. The number of amides is 2. The van der Waals surface area contributed by atoms with E-state index in [0.29, 0.717) is 23.4 Å². The molecule has 0 spiro atoms. The summed E-state index contributed by atoms with van der Waals surface area (Å²) in [6.07, 6.45) is 1.91. The maximum atomic E-state index is 13.0. The van der Waals surface area contributed by atoms with Crippen molar-refractivity contribution in [2.75, 3.05) is 19.0 Å². The van der Waals surface area contributed by atoms with Crippen LogP contribution in [0.15, 0.2) is 59.5 Å². The van der Waals surface area contributed by atoms with Gasteiger partial charge in [0.05, 0.1) is 23.9 Å². The Morgan fingerprint density at radius 2 is 1.95 bits per heavy atom. The van der Waals surface area contributed by atoms with Crippen molar-refractivity contribution < 1.29 is 14.3 Å². The van der Waals surface area contributed by atoms with Gasteiger partial charge in [0, 0.05) is 22.2 Å². The van der Waals surface area contributed by atoms with E-state index in [1.54, 1.807) is 18.2 Å². The number of carbonyl (C=O) groups is 2. The molecule has 0 aliphatic heterocycles. The Balaban J connectivity index is 1.56. The molecule has 0 unspecified atom stereocenters. The summed E-state index contributed by atoms with van der Waals surface area (Å²) in [7, 11) is 1.40. The van der Waals surface area contributed by atoms with Gasteiger partial charge in [-0.1, -0.05) is 35.3 Å². The number of ether oxygens (including phenoxy) is 1. The minimum Gasteiger partial charge on any atom is -0.467 e. The second-order valence-corrected chi connectivity index (χ2v) is 8.82. The first-order valence-electron chi connectivity index (χ1n) is 11.1. The Morgan fingerprint density at radius 3 is 2.68 bits per heavy atom. The predicted molar refractivity (Wildman–Crippen MR) is 141 cm³/mol. The lowest BCUT2D eigenvalue weighted by molar-refractivity contribution is 0.0934. The molecule has 0 aliphatic rings. The Hall–Kier alpha value is -3.99. The molecule has 5 N–H and O–H groups in total. The fraction of sp³-hybridized carbons (Fsp3) is 0.160. The van der Waals surface area contributed by atoms with Crippen molar-refractivity contribution in [2.45, 2.75) is 12.5 Å². The van der Waals surface area contributed by atoms with Crippen molar-refractivity contribution in [3.63, 3.8) is 0 Å². The van der Waals surface area contributed by atoms with E-state index in [2.05, 4.69) is 25.6 Å². The zero-order valence-electron chi connectivity index (χ0n) is 19.5. The SMILES string of the molecule is COc1ncc2cc(C(=O)Nc3cc(C(=O)N[C@@H](CCN)c4cccc(Cl)c4)ccc3Cl)c(=O)[nH]c2n1. The number of nitrogens with zero attached hydrogens (tertiary/aromatic N) is 2. The van der Waals surface area contributed by atoms with Crippen LogP contribution in [-0.2, 0) is 0 Å². The fourth-order valence-electron chi connectivity index (χ4n) is 3.65. The first-order chi connectivity index (χ1) is 17.8. The summed E-state index contributed by atoms with van der Waals surface area (Å²) < 4.78 is 4.95. The van der Waals surface area contributed by atoms with Gasteiger partial charge in [-0.25, -0.2) is 4.98 Å². The van der Waals surface area contributed by atoms with Gasteiger partial charge in [0.25, 0.3) is 17.4 Å². The van der Waals surface area contributed by atoms with Crippen LogP contribution in [0.1, 0.15) is 38.7 Å². The largest absolute Gasteiger partial charge is 0.467 e. The van der Waals surface area contributed by atoms with Crippen molar-refractivity contribution >= 4 is 51.7 Å². The molecule has 0 saturated carbocycles. The van der Waals surface area contributed by atoms with Gasteiger partial charge < -0.3 is 26.1 Å². The summed E-state index contributed by atoms with van der Waals surface area (Å²) in [4.78, 5) is 49.1. The lowest BCUT2D eigenvalue weighted by atomic mass is 10.0. The topological polar surface area (TPSA) is 152 Å². The van der Waals surface area contributed by atoms with Crippen LogP contribution in [0.4, 0.5) is 5.69 Å². The van der Waals surface area contributed by atoms with Crippen LogP contribution in [0, 0.1) is 0 Å². The molecule has 0 radical (unpaired) electrons. The number of aromatic amines is 1. The molecule has 4 rings (SSSR count). The van der Waals surface area contributed by atoms with Gasteiger partial charge in [-0.3, -0.25) is 14.4 Å². The van der Waals surface area contributed by atoms with Gasteiger partial charge in [0.1, 0.15) is 11.2 Å². The maximum absolute atomic E-state index is 13.0. The minimum absolute atomic E-state index is 0.0753. The quantitative estimate of drug-likeness (QED) is 0.265. The van der Waals surface area contributed by atoms with Crippen molar-refractivity contribution in [3.8, 4) is 6.01 Å². The van der Waals surface area contributed by atoms with E-state index in [4.69, 9.17) is 33.7 Å². The lowest BCUT2D eigenvalue weighted by Gasteiger charge is -2.19. The lowest BCUT2D eigenvalue weighted by Crippen LogP contribution is -2.30. The smallest absolute Gasteiger partial charge is 0.318 e. The molecule has 2 heterocycles. The number of benzene rings is 2. The number of aromatic nitrogens is 3. The number of pyridine rings is 1. The number of nitrogens with two attached hydrogens (primary N) is 1. The first kappa shape index (κ1) is 26.1. The molecule has 2 aromatic carbocycles. The van der Waals surface area contributed by atoms with Gasteiger partial charge in [-0.2, -0.15) is 4.98 Å². The number of rotatable bonds is 8. The molecule has 37 heavy (non-hydrogen) atoms. The summed E-state index contributed by atoms with van der Waals surface area (Å²) >= 11 is 12.4. The van der Waals surface area contributed by atoms with Crippen LogP contribution >= 0.6 is 23.2 Å². The third-order valence-electron chi connectivity index (χ3n) is 5.49. The molecule has 1 atom stereocenters. The number of hydrogen-bond acceptors (Lipinski definition) is 7. The van der Waals surface area contributed by atoms with Crippen LogP contribution in [0.2, 0.25) is 10.0 Å². The zero-order valence-corrected chi connectivity index (χ0v) is 21.1.